The van der Waals surface area contributed by atoms with E-state index in [4.69, 9.17) is 4.74 Å². The van der Waals surface area contributed by atoms with E-state index in [2.05, 4.69) is 5.32 Å². The number of amides is 2. The first-order valence-electron chi connectivity index (χ1n) is 10.9. The average Bonchev–Trinajstić information content (AvgIpc) is 2.98. The molecule has 1 aliphatic rings. The van der Waals surface area contributed by atoms with Gasteiger partial charge in [0.05, 0.1) is 6.04 Å². The van der Waals surface area contributed by atoms with Crippen molar-refractivity contribution < 1.29 is 14.3 Å². The summed E-state index contributed by atoms with van der Waals surface area (Å²) in [6.07, 6.45) is 0. The first-order chi connectivity index (χ1) is 16.1. The monoisotopic (exact) mass is 436 g/mol. The van der Waals surface area contributed by atoms with Crippen LogP contribution >= 0.6 is 0 Å². The molecule has 1 N–H and O–H groups in total. The predicted octanol–water partition coefficient (Wildman–Crippen LogP) is 5.10. The van der Waals surface area contributed by atoms with E-state index in [-0.39, 0.29) is 25.0 Å². The highest BCUT2D eigenvalue weighted by Gasteiger charge is 2.33. The maximum absolute atomic E-state index is 13.4. The summed E-state index contributed by atoms with van der Waals surface area (Å²) in [6.45, 7) is 1.80. The highest BCUT2D eigenvalue weighted by Crippen LogP contribution is 2.36. The summed E-state index contributed by atoms with van der Waals surface area (Å²) in [7, 11) is 0. The van der Waals surface area contributed by atoms with Crippen LogP contribution in [-0.4, -0.2) is 29.9 Å². The van der Waals surface area contributed by atoms with Gasteiger partial charge in [-0.05, 0) is 41.5 Å². The molecule has 4 aromatic carbocycles. The Labute approximate surface area is 192 Å². The van der Waals surface area contributed by atoms with E-state index < -0.39 is 6.04 Å². The molecule has 0 fully saturated rings. The molecule has 0 bridgehead atoms. The molecular formula is C28H24N2O3. The van der Waals surface area contributed by atoms with E-state index in [0.717, 1.165) is 33.2 Å². The van der Waals surface area contributed by atoms with Gasteiger partial charge in [-0.25, -0.2) is 0 Å². The van der Waals surface area contributed by atoms with Gasteiger partial charge in [-0.1, -0.05) is 78.4 Å². The number of ether oxygens (including phenoxy) is 1. The van der Waals surface area contributed by atoms with Crippen molar-refractivity contribution >= 4 is 28.3 Å². The highest BCUT2D eigenvalue weighted by molar-refractivity contribution is 5.97. The van der Waals surface area contributed by atoms with Crippen LogP contribution in [-0.2, 0) is 9.59 Å². The number of carbonyl (C=O) groups is 2. The lowest BCUT2D eigenvalue weighted by molar-refractivity contribution is -0.138. The molecule has 1 heterocycles. The summed E-state index contributed by atoms with van der Waals surface area (Å²) in [5.74, 6) is 0.146. The third-order valence-corrected chi connectivity index (χ3v) is 5.92. The predicted molar refractivity (Wildman–Crippen MR) is 129 cm³/mol. The van der Waals surface area contributed by atoms with Gasteiger partial charge >= 0.3 is 0 Å². The quantitative estimate of drug-likeness (QED) is 0.484. The normalized spacial score (nSPS) is 15.5. The Balaban J connectivity index is 1.47. The molecule has 2 amide bonds. The smallest absolute Gasteiger partial charge is 0.261 e. The van der Waals surface area contributed by atoms with Crippen LogP contribution in [0, 0.1) is 6.92 Å². The van der Waals surface area contributed by atoms with Crippen molar-refractivity contribution in [2.75, 3.05) is 18.5 Å². The zero-order valence-electron chi connectivity index (χ0n) is 18.3. The zero-order chi connectivity index (χ0) is 22.8. The van der Waals surface area contributed by atoms with E-state index in [1.807, 2.05) is 97.9 Å². The summed E-state index contributed by atoms with van der Waals surface area (Å²) >= 11 is 0. The average molecular weight is 437 g/mol. The Morgan fingerprint density at radius 2 is 1.70 bits per heavy atom. The Kier molecular flexibility index (Phi) is 5.53. The van der Waals surface area contributed by atoms with Gasteiger partial charge in [-0.3, -0.25) is 9.59 Å². The summed E-state index contributed by atoms with van der Waals surface area (Å²) < 4.78 is 5.88. The van der Waals surface area contributed by atoms with Crippen LogP contribution in [0.5, 0.6) is 5.75 Å². The fraction of sp³-hybridized carbons (Fsp3) is 0.143. The number of fused-ring (bicyclic) bond motifs is 2. The molecule has 0 aromatic heterocycles. The lowest BCUT2D eigenvalue weighted by atomic mass is 9.94. The lowest BCUT2D eigenvalue weighted by Gasteiger charge is -2.30. The third-order valence-electron chi connectivity index (χ3n) is 5.92. The Morgan fingerprint density at radius 1 is 0.939 bits per heavy atom. The largest absolute Gasteiger partial charge is 0.484 e. The van der Waals surface area contributed by atoms with Crippen LogP contribution in [0.25, 0.3) is 10.8 Å². The maximum atomic E-state index is 13.4. The minimum atomic E-state index is -0.396. The highest BCUT2D eigenvalue weighted by atomic mass is 16.5. The van der Waals surface area contributed by atoms with Crippen molar-refractivity contribution in [2.24, 2.45) is 0 Å². The maximum Gasteiger partial charge on any atom is 0.261 e. The van der Waals surface area contributed by atoms with Crippen molar-refractivity contribution in [1.82, 2.24) is 4.90 Å². The van der Waals surface area contributed by atoms with Gasteiger partial charge in [0.1, 0.15) is 12.3 Å². The molecule has 0 aliphatic carbocycles. The van der Waals surface area contributed by atoms with Gasteiger partial charge in [-0.2, -0.15) is 0 Å². The van der Waals surface area contributed by atoms with Crippen LogP contribution in [0.2, 0.25) is 0 Å². The molecule has 33 heavy (non-hydrogen) atoms. The number of carbonyl (C=O) groups excluding carboxylic acids is 2. The molecule has 5 rings (SSSR count). The van der Waals surface area contributed by atoms with E-state index in [0.29, 0.717) is 5.75 Å². The third kappa shape index (κ3) is 4.30. The summed E-state index contributed by atoms with van der Waals surface area (Å²) in [4.78, 5) is 27.7. The van der Waals surface area contributed by atoms with Gasteiger partial charge < -0.3 is 15.0 Å². The van der Waals surface area contributed by atoms with Gasteiger partial charge in [0, 0.05) is 11.3 Å². The topological polar surface area (TPSA) is 58.6 Å². The second kappa shape index (κ2) is 8.79. The number of aryl methyl sites for hydroxylation is 1. The molecule has 0 saturated carbocycles. The molecule has 5 heteroatoms. The van der Waals surface area contributed by atoms with Gasteiger partial charge in [0.2, 0.25) is 5.91 Å². The molecule has 1 aliphatic heterocycles. The number of rotatable bonds is 4. The number of nitrogens with one attached hydrogen (secondary N) is 1. The number of nitrogens with zero attached hydrogens (tertiary/aromatic N) is 1. The van der Waals surface area contributed by atoms with Crippen LogP contribution < -0.4 is 10.1 Å². The van der Waals surface area contributed by atoms with Gasteiger partial charge in [0.25, 0.3) is 5.91 Å². The SMILES string of the molecule is Cc1ccc2c(c1)[C@@H](c1ccccc1)N(C(=O)COc1ccc3ccccc3c1)CC(=O)N2. The fourth-order valence-corrected chi connectivity index (χ4v) is 4.34. The van der Waals surface area contributed by atoms with Gasteiger partial charge in [-0.15, -0.1) is 0 Å². The van der Waals surface area contributed by atoms with Crippen molar-refractivity contribution in [2.45, 2.75) is 13.0 Å². The van der Waals surface area contributed by atoms with E-state index in [9.17, 15) is 9.59 Å². The first-order valence-corrected chi connectivity index (χ1v) is 10.9. The lowest BCUT2D eigenvalue weighted by Crippen LogP contribution is -2.41. The molecule has 1 atom stereocenters. The molecule has 5 nitrogen and oxygen atoms in total. The van der Waals surface area contributed by atoms with E-state index >= 15 is 0 Å². The second-order valence-corrected chi connectivity index (χ2v) is 8.27. The Hall–Kier alpha value is -4.12. The molecule has 0 radical (unpaired) electrons. The molecule has 164 valence electrons. The molecule has 4 aromatic rings. The fourth-order valence-electron chi connectivity index (χ4n) is 4.34. The number of anilines is 1. The summed E-state index contributed by atoms with van der Waals surface area (Å²) in [5.41, 5.74) is 3.63. The van der Waals surface area contributed by atoms with E-state index in [1.54, 1.807) is 4.90 Å². The molecule has 0 saturated heterocycles. The Bertz CT molecular complexity index is 1330. The minimum absolute atomic E-state index is 0.0484. The standard InChI is InChI=1S/C28H24N2O3/c1-19-11-14-25-24(15-19)28(21-8-3-2-4-9-21)30(17-26(31)29-25)27(32)18-33-23-13-12-20-7-5-6-10-22(20)16-23/h2-16,28H,17-18H2,1H3,(H,29,31)/t28-/m1/s1. The van der Waals surface area contributed by atoms with Crippen molar-refractivity contribution in [3.8, 4) is 5.75 Å². The number of benzene rings is 4. The van der Waals surface area contributed by atoms with Crippen LogP contribution in [0.1, 0.15) is 22.7 Å². The summed E-state index contributed by atoms with van der Waals surface area (Å²) in [5, 5.41) is 5.11. The van der Waals surface area contributed by atoms with Crippen molar-refractivity contribution in [1.29, 1.82) is 0 Å². The number of hydrogen-bond acceptors (Lipinski definition) is 3. The zero-order valence-corrected chi connectivity index (χ0v) is 18.3. The summed E-state index contributed by atoms with van der Waals surface area (Å²) in [6, 6.07) is 29.0. The van der Waals surface area contributed by atoms with Crippen LogP contribution in [0.15, 0.2) is 91.0 Å². The van der Waals surface area contributed by atoms with Crippen LogP contribution in [0.3, 0.4) is 0 Å². The van der Waals surface area contributed by atoms with E-state index in [1.165, 1.54) is 0 Å². The molecular weight excluding hydrogens is 412 g/mol. The van der Waals surface area contributed by atoms with Gasteiger partial charge in [0.15, 0.2) is 6.61 Å². The second-order valence-electron chi connectivity index (χ2n) is 8.27. The van der Waals surface area contributed by atoms with Crippen molar-refractivity contribution in [3.05, 3.63) is 108 Å². The molecule has 0 unspecified atom stereocenters. The van der Waals surface area contributed by atoms with Crippen LogP contribution in [0.4, 0.5) is 5.69 Å². The molecule has 0 spiro atoms. The minimum Gasteiger partial charge on any atom is -0.484 e. The number of hydrogen-bond donors (Lipinski definition) is 1. The Morgan fingerprint density at radius 3 is 2.52 bits per heavy atom. The van der Waals surface area contributed by atoms with Crippen molar-refractivity contribution in [3.63, 3.8) is 0 Å². The first kappa shape index (κ1) is 20.8.